The molecule has 0 saturated carbocycles. The van der Waals surface area contributed by atoms with E-state index in [2.05, 4.69) is 264 Å². The summed E-state index contributed by atoms with van der Waals surface area (Å²) >= 11 is 0. The second-order valence-electron chi connectivity index (χ2n) is 16.4. The molecule has 3 heteroatoms. The SMILES string of the molecule is c1ccc(-c2ccccc2-c2ccc(-n3c4ccccc4c4cc(-n5c6ccccc6c6cc([Si](c7ccccc7)(c7ccccc7)c7ccccc7)ccc65)ccc43)cc2)cc1. The molecule has 10 aromatic carbocycles. The maximum atomic E-state index is 2.51. The van der Waals surface area contributed by atoms with E-state index < -0.39 is 8.07 Å². The van der Waals surface area contributed by atoms with Crippen molar-refractivity contribution in [1.82, 2.24) is 9.13 Å². The first-order chi connectivity index (χ1) is 31.3. The van der Waals surface area contributed by atoms with Crippen LogP contribution in [0, 0.1) is 0 Å². The number of hydrogen-bond donors (Lipinski definition) is 0. The van der Waals surface area contributed by atoms with Gasteiger partial charge in [0.2, 0.25) is 0 Å². The third kappa shape index (κ3) is 5.93. The summed E-state index contributed by atoms with van der Waals surface area (Å²) in [6.07, 6.45) is 0. The van der Waals surface area contributed by atoms with E-state index in [4.69, 9.17) is 0 Å². The van der Waals surface area contributed by atoms with Gasteiger partial charge in [0.1, 0.15) is 0 Å². The van der Waals surface area contributed by atoms with Gasteiger partial charge in [-0.25, -0.2) is 0 Å². The van der Waals surface area contributed by atoms with E-state index in [1.165, 1.54) is 86.6 Å². The molecule has 2 nitrogen and oxygen atoms in total. The highest BCUT2D eigenvalue weighted by atomic mass is 28.3. The van der Waals surface area contributed by atoms with Gasteiger partial charge in [0.25, 0.3) is 0 Å². The minimum atomic E-state index is -2.72. The molecule has 0 aliphatic carbocycles. The van der Waals surface area contributed by atoms with Crippen molar-refractivity contribution >= 4 is 72.4 Å². The maximum Gasteiger partial charge on any atom is 0.179 e. The van der Waals surface area contributed by atoms with Crippen LogP contribution in [-0.4, -0.2) is 17.2 Å². The minimum absolute atomic E-state index is 1.14. The van der Waals surface area contributed by atoms with Crippen molar-refractivity contribution in [2.24, 2.45) is 0 Å². The normalized spacial score (nSPS) is 11.8. The lowest BCUT2D eigenvalue weighted by atomic mass is 9.94. The van der Waals surface area contributed by atoms with Crippen molar-refractivity contribution in [2.75, 3.05) is 0 Å². The molecule has 0 bridgehead atoms. The lowest BCUT2D eigenvalue weighted by Crippen LogP contribution is -2.74. The van der Waals surface area contributed by atoms with E-state index in [1.54, 1.807) is 0 Å². The summed E-state index contributed by atoms with van der Waals surface area (Å²) in [4.78, 5) is 0. The second-order valence-corrected chi connectivity index (χ2v) is 20.3. The highest BCUT2D eigenvalue weighted by Gasteiger charge is 2.41. The van der Waals surface area contributed by atoms with Crippen molar-refractivity contribution < 1.29 is 0 Å². The van der Waals surface area contributed by atoms with Gasteiger partial charge in [-0.3, -0.25) is 0 Å². The zero-order valence-corrected chi connectivity index (χ0v) is 35.6. The Morgan fingerprint density at radius 1 is 0.238 bits per heavy atom. The summed E-state index contributed by atoms with van der Waals surface area (Å²) in [5, 5.41) is 10.5. The molecule has 2 aromatic heterocycles. The van der Waals surface area contributed by atoms with Gasteiger partial charge < -0.3 is 9.13 Å². The number of nitrogens with zero attached hydrogens (tertiary/aromatic N) is 2. The van der Waals surface area contributed by atoms with Crippen LogP contribution in [0.25, 0.3) is 77.2 Å². The molecule has 0 aliphatic heterocycles. The van der Waals surface area contributed by atoms with Crippen LogP contribution in [0.3, 0.4) is 0 Å². The molecule has 0 unspecified atom stereocenters. The smallest absolute Gasteiger partial charge is 0.179 e. The van der Waals surface area contributed by atoms with Crippen molar-refractivity contribution in [1.29, 1.82) is 0 Å². The van der Waals surface area contributed by atoms with Crippen molar-refractivity contribution in [2.45, 2.75) is 0 Å². The van der Waals surface area contributed by atoms with E-state index in [1.807, 2.05) is 0 Å². The Balaban J connectivity index is 1.02. The average Bonchev–Trinajstić information content (AvgIpc) is 3.88. The van der Waals surface area contributed by atoms with Crippen molar-refractivity contribution in [3.05, 3.63) is 255 Å². The van der Waals surface area contributed by atoms with Gasteiger partial charge in [0.15, 0.2) is 8.07 Å². The summed E-state index contributed by atoms with van der Waals surface area (Å²) in [6.45, 7) is 0. The van der Waals surface area contributed by atoms with Crippen LogP contribution < -0.4 is 20.7 Å². The quantitative estimate of drug-likeness (QED) is 0.107. The third-order valence-electron chi connectivity index (χ3n) is 13.1. The lowest BCUT2D eigenvalue weighted by molar-refractivity contribution is 1.17. The molecule has 0 fully saturated rings. The van der Waals surface area contributed by atoms with Gasteiger partial charge >= 0.3 is 0 Å². The third-order valence-corrected chi connectivity index (χ3v) is 17.9. The Kier molecular flexibility index (Phi) is 8.87. The van der Waals surface area contributed by atoms with Gasteiger partial charge in [0.05, 0.1) is 22.1 Å². The van der Waals surface area contributed by atoms with Gasteiger partial charge in [-0.15, -0.1) is 0 Å². The molecular formula is C60H42N2Si. The van der Waals surface area contributed by atoms with Crippen LogP contribution >= 0.6 is 0 Å². The lowest BCUT2D eigenvalue weighted by Gasteiger charge is -2.34. The van der Waals surface area contributed by atoms with Gasteiger partial charge in [-0.1, -0.05) is 206 Å². The van der Waals surface area contributed by atoms with Crippen LogP contribution in [0.15, 0.2) is 255 Å². The molecule has 0 radical (unpaired) electrons. The maximum absolute atomic E-state index is 2.72. The summed E-state index contributed by atoms with van der Waals surface area (Å²) in [5.41, 5.74) is 12.0. The van der Waals surface area contributed by atoms with Crippen LogP contribution in [-0.2, 0) is 0 Å². The van der Waals surface area contributed by atoms with Crippen molar-refractivity contribution in [3.8, 4) is 33.6 Å². The van der Waals surface area contributed by atoms with Crippen LogP contribution in [0.1, 0.15) is 0 Å². The summed E-state index contributed by atoms with van der Waals surface area (Å²) in [5.74, 6) is 0. The van der Waals surface area contributed by atoms with E-state index in [0.717, 1.165) is 11.4 Å². The van der Waals surface area contributed by atoms with Gasteiger partial charge in [0, 0.05) is 32.9 Å². The first-order valence-electron chi connectivity index (χ1n) is 21.8. The molecule has 0 aliphatic rings. The van der Waals surface area contributed by atoms with Crippen LogP contribution in [0.4, 0.5) is 0 Å². The topological polar surface area (TPSA) is 9.86 Å². The highest BCUT2D eigenvalue weighted by Crippen LogP contribution is 2.38. The molecule has 12 aromatic rings. The fourth-order valence-corrected chi connectivity index (χ4v) is 15.1. The molecule has 0 amide bonds. The molecule has 0 N–H and O–H groups in total. The summed E-state index contributed by atoms with van der Waals surface area (Å²) < 4.78 is 4.89. The predicted octanol–water partition coefficient (Wildman–Crippen LogP) is 12.6. The molecule has 2 heterocycles. The number of fused-ring (bicyclic) bond motifs is 6. The first-order valence-corrected chi connectivity index (χ1v) is 23.8. The van der Waals surface area contributed by atoms with Crippen LogP contribution in [0.2, 0.25) is 0 Å². The Hall–Kier alpha value is -7.98. The molecule has 0 atom stereocenters. The molecule has 12 rings (SSSR count). The molecule has 296 valence electrons. The Morgan fingerprint density at radius 2 is 0.619 bits per heavy atom. The standard InChI is InChI=1S/C60H42N2Si/c1-5-19-43(20-6-1)51-27-13-14-28-52(51)44-33-35-45(36-34-44)61-57-31-17-15-29-53(57)55-41-46(37-39-59(55)61)62-58-32-18-16-30-54(58)56-42-50(38-40-60(56)62)63(47-21-7-2-8-22-47,48-23-9-3-10-24-48)49-25-11-4-12-26-49/h1-42H. The Labute approximate surface area is 368 Å². The van der Waals surface area contributed by atoms with E-state index in [0.29, 0.717) is 0 Å². The number of para-hydroxylation sites is 2. The zero-order valence-electron chi connectivity index (χ0n) is 34.6. The molecular weight excluding hydrogens is 777 g/mol. The summed E-state index contributed by atoms with van der Waals surface area (Å²) in [6, 6.07) is 94.1. The average molecular weight is 819 g/mol. The van der Waals surface area contributed by atoms with Crippen LogP contribution in [0.5, 0.6) is 0 Å². The molecule has 63 heavy (non-hydrogen) atoms. The second kappa shape index (κ2) is 15.2. The fraction of sp³-hybridized carbons (Fsp3) is 0. The summed E-state index contributed by atoms with van der Waals surface area (Å²) in [7, 11) is -2.72. The van der Waals surface area contributed by atoms with Gasteiger partial charge in [-0.05, 0) is 91.5 Å². The monoisotopic (exact) mass is 818 g/mol. The van der Waals surface area contributed by atoms with Crippen molar-refractivity contribution in [3.63, 3.8) is 0 Å². The fourth-order valence-electron chi connectivity index (χ4n) is 10.3. The van der Waals surface area contributed by atoms with Gasteiger partial charge in [-0.2, -0.15) is 0 Å². The zero-order chi connectivity index (χ0) is 41.7. The Morgan fingerprint density at radius 3 is 1.16 bits per heavy atom. The predicted molar refractivity (Wildman–Crippen MR) is 270 cm³/mol. The molecule has 0 spiro atoms. The van der Waals surface area contributed by atoms with E-state index in [9.17, 15) is 0 Å². The van der Waals surface area contributed by atoms with E-state index >= 15 is 0 Å². The largest absolute Gasteiger partial charge is 0.309 e. The number of hydrogen-bond acceptors (Lipinski definition) is 0. The number of aromatic nitrogens is 2. The molecule has 0 saturated heterocycles. The number of benzene rings is 10. The minimum Gasteiger partial charge on any atom is -0.309 e. The Bertz CT molecular complexity index is 3490. The van der Waals surface area contributed by atoms with E-state index in [-0.39, 0.29) is 0 Å². The first kappa shape index (κ1) is 36.8. The highest BCUT2D eigenvalue weighted by molar-refractivity contribution is 7.20. The number of rotatable bonds is 8.